The van der Waals surface area contributed by atoms with Crippen LogP contribution in [0.1, 0.15) is 57.9 Å². The molecule has 2 aliphatic rings. The van der Waals surface area contributed by atoms with E-state index in [9.17, 15) is 5.11 Å². The molecule has 3 atom stereocenters. The molecule has 1 aromatic rings. The summed E-state index contributed by atoms with van der Waals surface area (Å²) < 4.78 is 2.00. The predicted molar refractivity (Wildman–Crippen MR) is 88.8 cm³/mol. The Bertz CT molecular complexity index is 482. The zero-order chi connectivity index (χ0) is 15.6. The number of likely N-dealkylation sites (tertiary alicyclic amines) is 1. The molecule has 4 heteroatoms. The molecule has 1 saturated heterocycles. The van der Waals surface area contributed by atoms with E-state index in [1.54, 1.807) is 0 Å². The third-order valence-corrected chi connectivity index (χ3v) is 5.82. The Morgan fingerprint density at radius 3 is 2.91 bits per heavy atom. The van der Waals surface area contributed by atoms with Gasteiger partial charge in [-0.25, -0.2) is 0 Å². The fourth-order valence-corrected chi connectivity index (χ4v) is 4.52. The van der Waals surface area contributed by atoms with Crippen LogP contribution in [0.3, 0.4) is 0 Å². The molecule has 1 N–H and O–H groups in total. The second-order valence-electron chi connectivity index (χ2n) is 7.41. The summed E-state index contributed by atoms with van der Waals surface area (Å²) in [5.41, 5.74) is 0.876. The van der Waals surface area contributed by atoms with Gasteiger partial charge in [0.25, 0.3) is 0 Å². The van der Waals surface area contributed by atoms with Gasteiger partial charge in [0.1, 0.15) is 0 Å². The molecule has 22 heavy (non-hydrogen) atoms. The van der Waals surface area contributed by atoms with Crippen LogP contribution < -0.4 is 0 Å². The lowest BCUT2D eigenvalue weighted by Gasteiger charge is -2.43. The molecule has 2 fully saturated rings. The fourth-order valence-electron chi connectivity index (χ4n) is 4.52. The van der Waals surface area contributed by atoms with E-state index < -0.39 is 5.60 Å². The SMILES string of the molecule is CCn1cc(CCN2CCCC2C2CCCCC2(C)O)cn1. The van der Waals surface area contributed by atoms with Crippen molar-refractivity contribution >= 4 is 0 Å². The summed E-state index contributed by atoms with van der Waals surface area (Å²) in [6, 6.07) is 0.580. The van der Waals surface area contributed by atoms with Crippen molar-refractivity contribution < 1.29 is 5.11 Å². The standard InChI is InChI=1S/C18H31N3O/c1-3-21-14-15(13-19-21)9-12-20-11-6-8-17(20)16-7-4-5-10-18(16,2)22/h13-14,16-17,22H,3-12H2,1-2H3. The monoisotopic (exact) mass is 305 g/mol. The van der Waals surface area contributed by atoms with Gasteiger partial charge in [-0.05, 0) is 58.1 Å². The Morgan fingerprint density at radius 2 is 2.18 bits per heavy atom. The first-order valence-electron chi connectivity index (χ1n) is 9.08. The molecule has 1 aliphatic heterocycles. The van der Waals surface area contributed by atoms with E-state index in [-0.39, 0.29) is 0 Å². The molecule has 0 aromatic carbocycles. The van der Waals surface area contributed by atoms with Crippen LogP contribution in [0, 0.1) is 5.92 Å². The summed E-state index contributed by atoms with van der Waals surface area (Å²) in [4.78, 5) is 2.63. The van der Waals surface area contributed by atoms with Gasteiger partial charge < -0.3 is 5.11 Å². The number of hydrogen-bond acceptors (Lipinski definition) is 3. The highest BCUT2D eigenvalue weighted by atomic mass is 16.3. The van der Waals surface area contributed by atoms with Crippen molar-refractivity contribution in [1.29, 1.82) is 0 Å². The van der Waals surface area contributed by atoms with Gasteiger partial charge in [-0.2, -0.15) is 5.10 Å². The molecular weight excluding hydrogens is 274 g/mol. The minimum absolute atomic E-state index is 0.460. The Hall–Kier alpha value is -0.870. The van der Waals surface area contributed by atoms with Gasteiger partial charge in [0.05, 0.1) is 11.8 Å². The van der Waals surface area contributed by atoms with Crippen molar-refractivity contribution in [3.63, 3.8) is 0 Å². The van der Waals surface area contributed by atoms with Gasteiger partial charge in [0.2, 0.25) is 0 Å². The highest BCUT2D eigenvalue weighted by Crippen LogP contribution is 2.40. The average Bonchev–Trinajstić information content (AvgIpc) is 3.13. The van der Waals surface area contributed by atoms with Crippen molar-refractivity contribution in [3.8, 4) is 0 Å². The van der Waals surface area contributed by atoms with Gasteiger partial charge in [-0.1, -0.05) is 12.8 Å². The molecule has 0 spiro atoms. The summed E-state index contributed by atoms with van der Waals surface area (Å²) in [5, 5.41) is 15.2. The smallest absolute Gasteiger partial charge is 0.0662 e. The molecule has 1 aromatic heterocycles. The second kappa shape index (κ2) is 6.71. The lowest BCUT2D eigenvalue weighted by molar-refractivity contribution is -0.0615. The average molecular weight is 305 g/mol. The van der Waals surface area contributed by atoms with Crippen LogP contribution in [0.4, 0.5) is 0 Å². The van der Waals surface area contributed by atoms with Gasteiger partial charge in [0.15, 0.2) is 0 Å². The number of hydrogen-bond donors (Lipinski definition) is 1. The minimum atomic E-state index is -0.460. The van der Waals surface area contributed by atoms with Crippen molar-refractivity contribution in [2.45, 2.75) is 77.0 Å². The lowest BCUT2D eigenvalue weighted by Crippen LogP contribution is -2.49. The minimum Gasteiger partial charge on any atom is -0.390 e. The van der Waals surface area contributed by atoms with Crippen LogP contribution in [0.5, 0.6) is 0 Å². The van der Waals surface area contributed by atoms with Crippen LogP contribution in [0.2, 0.25) is 0 Å². The van der Waals surface area contributed by atoms with Crippen molar-refractivity contribution in [1.82, 2.24) is 14.7 Å². The maximum absolute atomic E-state index is 10.8. The third kappa shape index (κ3) is 3.38. The van der Waals surface area contributed by atoms with Gasteiger partial charge in [-0.15, -0.1) is 0 Å². The molecule has 3 rings (SSSR count). The van der Waals surface area contributed by atoms with Crippen molar-refractivity contribution in [3.05, 3.63) is 18.0 Å². The Kier molecular flexibility index (Phi) is 4.88. The van der Waals surface area contributed by atoms with Crippen LogP contribution in [0.15, 0.2) is 12.4 Å². The number of aryl methyl sites for hydroxylation is 1. The number of nitrogens with zero attached hydrogens (tertiary/aromatic N) is 3. The summed E-state index contributed by atoms with van der Waals surface area (Å²) in [6.07, 6.45) is 12.4. The second-order valence-corrected chi connectivity index (χ2v) is 7.41. The first-order chi connectivity index (χ1) is 10.6. The van der Waals surface area contributed by atoms with Crippen LogP contribution in [0.25, 0.3) is 0 Å². The highest BCUT2D eigenvalue weighted by molar-refractivity contribution is 5.05. The third-order valence-electron chi connectivity index (χ3n) is 5.82. The zero-order valence-corrected chi connectivity index (χ0v) is 14.2. The first kappa shape index (κ1) is 16.0. The Labute approximate surface area is 134 Å². The van der Waals surface area contributed by atoms with E-state index in [0.717, 1.165) is 25.9 Å². The predicted octanol–water partition coefficient (Wildman–Crippen LogP) is 2.85. The summed E-state index contributed by atoms with van der Waals surface area (Å²) in [6.45, 7) is 7.43. The number of aromatic nitrogens is 2. The van der Waals surface area contributed by atoms with E-state index in [1.807, 2.05) is 10.9 Å². The molecule has 0 amide bonds. The molecule has 4 nitrogen and oxygen atoms in total. The zero-order valence-electron chi connectivity index (χ0n) is 14.2. The molecule has 0 radical (unpaired) electrons. The first-order valence-corrected chi connectivity index (χ1v) is 9.08. The molecule has 2 heterocycles. The molecular formula is C18H31N3O. The molecule has 124 valence electrons. The Balaban J connectivity index is 1.60. The van der Waals surface area contributed by atoms with E-state index in [2.05, 4.69) is 30.0 Å². The quantitative estimate of drug-likeness (QED) is 0.909. The fraction of sp³-hybridized carbons (Fsp3) is 0.833. The number of rotatable bonds is 5. The van der Waals surface area contributed by atoms with E-state index in [1.165, 1.54) is 44.2 Å². The van der Waals surface area contributed by atoms with Crippen molar-refractivity contribution in [2.24, 2.45) is 5.92 Å². The maximum atomic E-state index is 10.8. The van der Waals surface area contributed by atoms with Crippen LogP contribution >= 0.6 is 0 Å². The summed E-state index contributed by atoms with van der Waals surface area (Å²) >= 11 is 0. The van der Waals surface area contributed by atoms with E-state index in [4.69, 9.17) is 0 Å². The summed E-state index contributed by atoms with van der Waals surface area (Å²) in [5.74, 6) is 0.460. The molecule has 3 unspecified atom stereocenters. The molecule has 1 saturated carbocycles. The Morgan fingerprint density at radius 1 is 1.32 bits per heavy atom. The van der Waals surface area contributed by atoms with Crippen LogP contribution in [-0.4, -0.2) is 44.5 Å². The molecule has 0 bridgehead atoms. The highest BCUT2D eigenvalue weighted by Gasteiger charge is 2.42. The van der Waals surface area contributed by atoms with Gasteiger partial charge in [0, 0.05) is 31.2 Å². The van der Waals surface area contributed by atoms with Gasteiger partial charge >= 0.3 is 0 Å². The lowest BCUT2D eigenvalue weighted by atomic mass is 9.72. The van der Waals surface area contributed by atoms with Crippen LogP contribution in [-0.2, 0) is 13.0 Å². The largest absolute Gasteiger partial charge is 0.390 e. The van der Waals surface area contributed by atoms with E-state index >= 15 is 0 Å². The topological polar surface area (TPSA) is 41.3 Å². The van der Waals surface area contributed by atoms with E-state index in [0.29, 0.717) is 12.0 Å². The normalized spacial score (nSPS) is 33.4. The number of aliphatic hydroxyl groups is 1. The van der Waals surface area contributed by atoms with Gasteiger partial charge in [-0.3, -0.25) is 9.58 Å². The van der Waals surface area contributed by atoms with Crippen molar-refractivity contribution in [2.75, 3.05) is 13.1 Å². The summed E-state index contributed by atoms with van der Waals surface area (Å²) in [7, 11) is 0. The maximum Gasteiger partial charge on any atom is 0.0662 e. The molecule has 1 aliphatic carbocycles.